The molecule has 1 fully saturated rings. The van der Waals surface area contributed by atoms with Gasteiger partial charge in [-0.25, -0.2) is 0 Å². The van der Waals surface area contributed by atoms with E-state index in [2.05, 4.69) is 46.5 Å². The van der Waals surface area contributed by atoms with Crippen LogP contribution in [0, 0.1) is 0 Å². The van der Waals surface area contributed by atoms with Crippen LogP contribution in [-0.4, -0.2) is 42.0 Å². The van der Waals surface area contributed by atoms with E-state index < -0.39 is 0 Å². The molecule has 0 radical (unpaired) electrons. The van der Waals surface area contributed by atoms with Crippen LogP contribution in [-0.2, 0) is 6.42 Å². The molecule has 1 aromatic carbocycles. The number of para-hydroxylation sites is 1. The molecule has 1 aromatic rings. The molecule has 0 saturated carbocycles. The number of thioether (sulfide) groups is 1. The summed E-state index contributed by atoms with van der Waals surface area (Å²) in [7, 11) is 2.19. The molecule has 0 unspecified atom stereocenters. The number of hydrogen-bond donors (Lipinski definition) is 1. The lowest BCUT2D eigenvalue weighted by Gasteiger charge is -2.13. The smallest absolute Gasteiger partial charge is 0.161 e. The Morgan fingerprint density at radius 2 is 2.28 bits per heavy atom. The Kier molecular flexibility index (Phi) is 3.57. The van der Waals surface area contributed by atoms with Crippen molar-refractivity contribution in [3.63, 3.8) is 0 Å². The van der Waals surface area contributed by atoms with Crippen LogP contribution >= 0.6 is 11.8 Å². The second-order valence-electron chi connectivity index (χ2n) is 5.01. The van der Waals surface area contributed by atoms with Crippen LogP contribution in [0.25, 0.3) is 0 Å². The van der Waals surface area contributed by atoms with Crippen LogP contribution in [0.5, 0.6) is 0 Å². The van der Waals surface area contributed by atoms with Crippen LogP contribution in [0.2, 0.25) is 0 Å². The minimum Gasteiger partial charge on any atom is -0.335 e. The van der Waals surface area contributed by atoms with E-state index >= 15 is 0 Å². The van der Waals surface area contributed by atoms with Gasteiger partial charge in [0.15, 0.2) is 5.17 Å². The van der Waals surface area contributed by atoms with Gasteiger partial charge in [-0.2, -0.15) is 0 Å². The first-order valence-electron chi connectivity index (χ1n) is 6.56. The number of anilines is 1. The van der Waals surface area contributed by atoms with E-state index in [-0.39, 0.29) is 0 Å². The maximum absolute atomic E-state index is 4.68. The Bertz CT molecular complexity index is 458. The first kappa shape index (κ1) is 12.1. The molecular weight excluding hydrogens is 242 g/mol. The first-order valence-corrected chi connectivity index (χ1v) is 7.44. The highest BCUT2D eigenvalue weighted by Crippen LogP contribution is 2.26. The zero-order chi connectivity index (χ0) is 12.4. The van der Waals surface area contributed by atoms with Gasteiger partial charge in [-0.1, -0.05) is 30.0 Å². The predicted molar refractivity (Wildman–Crippen MR) is 79.6 cm³/mol. The lowest BCUT2D eigenvalue weighted by Crippen LogP contribution is -2.18. The molecular formula is C14H19N3S. The zero-order valence-electron chi connectivity index (χ0n) is 10.7. The number of nitrogens with zero attached hydrogens (tertiary/aromatic N) is 2. The van der Waals surface area contributed by atoms with Gasteiger partial charge in [0.05, 0.1) is 0 Å². The Balaban J connectivity index is 1.69. The van der Waals surface area contributed by atoms with E-state index in [1.165, 1.54) is 30.8 Å². The highest BCUT2D eigenvalue weighted by Gasteiger charge is 2.22. The lowest BCUT2D eigenvalue weighted by atomic mass is 10.1. The summed E-state index contributed by atoms with van der Waals surface area (Å²) in [5.74, 6) is 0. The summed E-state index contributed by atoms with van der Waals surface area (Å²) in [5.41, 5.74) is 2.60. The van der Waals surface area contributed by atoms with Gasteiger partial charge in [0.25, 0.3) is 0 Å². The molecule has 0 aromatic heterocycles. The van der Waals surface area contributed by atoms with Gasteiger partial charge >= 0.3 is 0 Å². The van der Waals surface area contributed by atoms with E-state index in [1.54, 1.807) is 0 Å². The molecule has 0 amide bonds. The topological polar surface area (TPSA) is 27.6 Å². The van der Waals surface area contributed by atoms with E-state index in [4.69, 9.17) is 0 Å². The van der Waals surface area contributed by atoms with E-state index in [0.717, 1.165) is 18.1 Å². The highest BCUT2D eigenvalue weighted by atomic mass is 32.2. The second kappa shape index (κ2) is 5.33. The molecule has 0 spiro atoms. The van der Waals surface area contributed by atoms with Crippen LogP contribution in [0.4, 0.5) is 5.69 Å². The molecule has 1 saturated heterocycles. The number of rotatable bonds is 1. The molecule has 0 aliphatic carbocycles. The fraction of sp³-hybridized carbons (Fsp3) is 0.500. The average molecular weight is 261 g/mol. The predicted octanol–water partition coefficient (Wildman–Crippen LogP) is 2.45. The SMILES string of the molecule is CN1CC[C@H](SC2=NCCc3ccccc3N2)C1. The van der Waals surface area contributed by atoms with Gasteiger partial charge in [0.2, 0.25) is 0 Å². The second-order valence-corrected chi connectivity index (χ2v) is 6.30. The third-order valence-corrected chi connectivity index (χ3v) is 4.69. The summed E-state index contributed by atoms with van der Waals surface area (Å²) >= 11 is 1.91. The summed E-state index contributed by atoms with van der Waals surface area (Å²) in [4.78, 5) is 7.07. The number of likely N-dealkylation sites (tertiary alicyclic amines) is 1. The normalized spacial score (nSPS) is 24.1. The number of amidine groups is 1. The molecule has 2 heterocycles. The van der Waals surface area contributed by atoms with E-state index in [1.807, 2.05) is 11.8 Å². The summed E-state index contributed by atoms with van der Waals surface area (Å²) in [6, 6.07) is 8.53. The summed E-state index contributed by atoms with van der Waals surface area (Å²) < 4.78 is 0. The molecule has 2 aliphatic heterocycles. The maximum Gasteiger partial charge on any atom is 0.161 e. The minimum absolute atomic E-state index is 0.687. The average Bonchev–Trinajstić information content (AvgIpc) is 2.66. The zero-order valence-corrected chi connectivity index (χ0v) is 11.5. The van der Waals surface area contributed by atoms with Crippen molar-refractivity contribution in [3.05, 3.63) is 29.8 Å². The van der Waals surface area contributed by atoms with E-state index in [9.17, 15) is 0 Å². The van der Waals surface area contributed by atoms with Gasteiger partial charge in [-0.3, -0.25) is 4.99 Å². The molecule has 1 atom stereocenters. The van der Waals surface area contributed by atoms with Crippen molar-refractivity contribution in [2.75, 3.05) is 32.0 Å². The standard InChI is InChI=1S/C14H19N3S/c1-17-9-7-12(10-17)18-14-15-8-6-11-4-2-3-5-13(11)16-14/h2-5,12H,6-10H2,1H3,(H,15,16)/t12-/m0/s1. The quantitative estimate of drug-likeness (QED) is 0.841. The summed E-state index contributed by atoms with van der Waals surface area (Å²) in [6.07, 6.45) is 2.31. The maximum atomic E-state index is 4.68. The Morgan fingerprint density at radius 3 is 3.11 bits per heavy atom. The van der Waals surface area contributed by atoms with Crippen molar-refractivity contribution in [3.8, 4) is 0 Å². The van der Waals surface area contributed by atoms with Crippen molar-refractivity contribution in [1.29, 1.82) is 0 Å². The van der Waals surface area contributed by atoms with Crippen molar-refractivity contribution in [1.82, 2.24) is 4.90 Å². The minimum atomic E-state index is 0.687. The van der Waals surface area contributed by atoms with E-state index in [0.29, 0.717) is 5.25 Å². The molecule has 96 valence electrons. The number of hydrogen-bond acceptors (Lipinski definition) is 4. The number of aliphatic imine (C=N–C) groups is 1. The van der Waals surface area contributed by atoms with Gasteiger partial charge in [-0.15, -0.1) is 0 Å². The van der Waals surface area contributed by atoms with Crippen LogP contribution in [0.15, 0.2) is 29.3 Å². The highest BCUT2D eigenvalue weighted by molar-refractivity contribution is 8.14. The molecule has 1 N–H and O–H groups in total. The van der Waals surface area contributed by atoms with Crippen molar-refractivity contribution >= 4 is 22.6 Å². The first-order chi connectivity index (χ1) is 8.81. The van der Waals surface area contributed by atoms with Crippen molar-refractivity contribution in [2.45, 2.75) is 18.1 Å². The van der Waals surface area contributed by atoms with Crippen LogP contribution in [0.3, 0.4) is 0 Å². The van der Waals surface area contributed by atoms with Crippen molar-refractivity contribution in [2.24, 2.45) is 4.99 Å². The summed E-state index contributed by atoms with van der Waals surface area (Å²) in [5, 5.41) is 5.28. The molecule has 0 bridgehead atoms. The molecule has 3 nitrogen and oxygen atoms in total. The largest absolute Gasteiger partial charge is 0.335 e. The molecule has 4 heteroatoms. The van der Waals surface area contributed by atoms with Crippen LogP contribution in [0.1, 0.15) is 12.0 Å². The van der Waals surface area contributed by atoms with Crippen molar-refractivity contribution < 1.29 is 0 Å². The Labute approximate surface area is 113 Å². The Hall–Kier alpha value is -1.00. The molecule has 3 rings (SSSR count). The summed E-state index contributed by atoms with van der Waals surface area (Å²) in [6.45, 7) is 3.28. The monoisotopic (exact) mass is 261 g/mol. The fourth-order valence-corrected chi connectivity index (χ4v) is 3.71. The van der Waals surface area contributed by atoms with Gasteiger partial charge < -0.3 is 10.2 Å². The van der Waals surface area contributed by atoms with Gasteiger partial charge in [0.1, 0.15) is 0 Å². The number of nitrogens with one attached hydrogen (secondary N) is 1. The number of fused-ring (bicyclic) bond motifs is 1. The fourth-order valence-electron chi connectivity index (χ4n) is 2.51. The third kappa shape index (κ3) is 2.70. The number of benzene rings is 1. The molecule has 2 aliphatic rings. The third-order valence-electron chi connectivity index (χ3n) is 3.52. The Morgan fingerprint density at radius 1 is 1.39 bits per heavy atom. The van der Waals surface area contributed by atoms with Gasteiger partial charge in [-0.05, 0) is 38.1 Å². The lowest BCUT2D eigenvalue weighted by molar-refractivity contribution is 0.419. The van der Waals surface area contributed by atoms with Gasteiger partial charge in [0, 0.05) is 24.0 Å². The molecule has 18 heavy (non-hydrogen) atoms. The van der Waals surface area contributed by atoms with Crippen LogP contribution < -0.4 is 5.32 Å².